The number of ketones is 1. The third kappa shape index (κ3) is 4.40. The molecule has 138 valence electrons. The van der Waals surface area contributed by atoms with Gasteiger partial charge in [-0.1, -0.05) is 38.1 Å². The van der Waals surface area contributed by atoms with Crippen LogP contribution in [0.2, 0.25) is 0 Å². The molecule has 2 heterocycles. The largest absolute Gasteiger partial charge is 0.335 e. The van der Waals surface area contributed by atoms with Crippen molar-refractivity contribution in [1.82, 2.24) is 9.80 Å². The predicted octanol–water partition coefficient (Wildman–Crippen LogP) is 4.03. The molecule has 5 heteroatoms. The van der Waals surface area contributed by atoms with Crippen LogP contribution in [0, 0.1) is 0 Å². The van der Waals surface area contributed by atoms with Crippen LogP contribution in [0.3, 0.4) is 0 Å². The van der Waals surface area contributed by atoms with Crippen molar-refractivity contribution in [3.05, 3.63) is 57.3 Å². The number of hydrogen-bond donors (Lipinski definition) is 0. The van der Waals surface area contributed by atoms with Crippen LogP contribution >= 0.6 is 11.3 Å². The first-order chi connectivity index (χ1) is 12.4. The molecule has 0 N–H and O–H groups in total. The third-order valence-electron chi connectivity index (χ3n) is 4.88. The molecule has 0 unspecified atom stereocenters. The van der Waals surface area contributed by atoms with E-state index in [2.05, 4.69) is 43.0 Å². The second-order valence-electron chi connectivity index (χ2n) is 7.18. The van der Waals surface area contributed by atoms with E-state index in [-0.39, 0.29) is 11.7 Å². The average Bonchev–Trinajstić information content (AvgIpc) is 3.13. The summed E-state index contributed by atoms with van der Waals surface area (Å²) in [5, 5.41) is 0. The topological polar surface area (TPSA) is 40.6 Å². The molecule has 1 aliphatic heterocycles. The van der Waals surface area contributed by atoms with Gasteiger partial charge in [-0.2, -0.15) is 0 Å². The van der Waals surface area contributed by atoms with E-state index in [1.807, 2.05) is 4.90 Å². The van der Waals surface area contributed by atoms with E-state index in [1.54, 1.807) is 12.1 Å². The van der Waals surface area contributed by atoms with Gasteiger partial charge < -0.3 is 4.90 Å². The van der Waals surface area contributed by atoms with Crippen molar-refractivity contribution in [3.63, 3.8) is 0 Å². The summed E-state index contributed by atoms with van der Waals surface area (Å²) in [4.78, 5) is 29.6. The Bertz CT molecular complexity index is 772. The normalized spacial score (nSPS) is 15.5. The number of nitrogens with zero attached hydrogens (tertiary/aromatic N) is 2. The van der Waals surface area contributed by atoms with Crippen LogP contribution in [0.5, 0.6) is 0 Å². The van der Waals surface area contributed by atoms with Gasteiger partial charge in [-0.3, -0.25) is 14.5 Å². The van der Waals surface area contributed by atoms with Crippen molar-refractivity contribution >= 4 is 23.0 Å². The van der Waals surface area contributed by atoms with Crippen molar-refractivity contribution in [1.29, 1.82) is 0 Å². The lowest BCUT2D eigenvalue weighted by Crippen LogP contribution is -2.48. The van der Waals surface area contributed by atoms with Crippen LogP contribution in [0.25, 0.3) is 0 Å². The Morgan fingerprint density at radius 3 is 2.12 bits per heavy atom. The van der Waals surface area contributed by atoms with Crippen LogP contribution < -0.4 is 0 Å². The zero-order valence-electron chi connectivity index (χ0n) is 15.7. The molecule has 26 heavy (non-hydrogen) atoms. The van der Waals surface area contributed by atoms with Gasteiger partial charge in [0.25, 0.3) is 5.91 Å². The van der Waals surface area contributed by atoms with Crippen LogP contribution in [-0.4, -0.2) is 47.7 Å². The molecule has 2 aromatic rings. The highest BCUT2D eigenvalue weighted by Gasteiger charge is 2.23. The van der Waals surface area contributed by atoms with Gasteiger partial charge >= 0.3 is 0 Å². The van der Waals surface area contributed by atoms with Gasteiger partial charge in [0.15, 0.2) is 5.78 Å². The Hall–Kier alpha value is -1.98. The minimum atomic E-state index is 0.0161. The highest BCUT2D eigenvalue weighted by atomic mass is 32.1. The lowest BCUT2D eigenvalue weighted by molar-refractivity contribution is 0.0633. The number of carbonyl (C=O) groups excluding carboxylic acids is 2. The van der Waals surface area contributed by atoms with E-state index in [9.17, 15) is 9.59 Å². The van der Waals surface area contributed by atoms with Gasteiger partial charge in [-0.25, -0.2) is 0 Å². The first-order valence-electron chi connectivity index (χ1n) is 9.15. The Kier molecular flexibility index (Phi) is 5.89. The maximum atomic E-state index is 12.6. The fourth-order valence-corrected chi connectivity index (χ4v) is 4.04. The summed E-state index contributed by atoms with van der Waals surface area (Å²) in [6, 6.07) is 12.4. The molecule has 1 amide bonds. The molecule has 1 fully saturated rings. The average molecular weight is 371 g/mol. The van der Waals surface area contributed by atoms with Crippen LogP contribution in [0.15, 0.2) is 36.4 Å². The first kappa shape index (κ1) is 18.8. The molecule has 0 saturated carbocycles. The summed E-state index contributed by atoms with van der Waals surface area (Å²) in [6.07, 6.45) is 0. The molecule has 0 aliphatic carbocycles. The first-order valence-corrected chi connectivity index (χ1v) is 9.97. The summed E-state index contributed by atoms with van der Waals surface area (Å²) in [6.45, 7) is 10.1. The van der Waals surface area contributed by atoms with Crippen molar-refractivity contribution in [2.45, 2.75) is 33.2 Å². The maximum Gasteiger partial charge on any atom is 0.264 e. The second-order valence-corrected chi connectivity index (χ2v) is 8.27. The SMILES string of the molecule is CC(=O)c1ccc(C(=O)N2CCN(Cc3ccc(C(C)C)cc3)CC2)s1. The molecule has 0 bridgehead atoms. The molecule has 0 spiro atoms. The van der Waals surface area contributed by atoms with E-state index < -0.39 is 0 Å². The van der Waals surface area contributed by atoms with E-state index in [0.717, 1.165) is 32.7 Å². The number of rotatable bonds is 5. The highest BCUT2D eigenvalue weighted by Crippen LogP contribution is 2.20. The summed E-state index contributed by atoms with van der Waals surface area (Å²) in [5.41, 5.74) is 2.68. The molecule has 3 rings (SSSR count). The molecular formula is C21H26N2O2S. The lowest BCUT2D eigenvalue weighted by Gasteiger charge is -2.34. The number of hydrogen-bond acceptors (Lipinski definition) is 4. The number of Topliss-reactive ketones (excluding diaryl/α,β-unsaturated/α-hetero) is 1. The Balaban J connectivity index is 1.53. The lowest BCUT2D eigenvalue weighted by atomic mass is 10.0. The summed E-state index contributed by atoms with van der Waals surface area (Å²) < 4.78 is 0. The monoisotopic (exact) mass is 370 g/mol. The summed E-state index contributed by atoms with van der Waals surface area (Å²) in [7, 11) is 0. The van der Waals surface area contributed by atoms with E-state index in [0.29, 0.717) is 15.7 Å². The van der Waals surface area contributed by atoms with E-state index in [4.69, 9.17) is 0 Å². The highest BCUT2D eigenvalue weighted by molar-refractivity contribution is 7.15. The van der Waals surface area contributed by atoms with Gasteiger partial charge in [0.1, 0.15) is 0 Å². The van der Waals surface area contributed by atoms with Gasteiger partial charge in [0.2, 0.25) is 0 Å². The molecule has 1 aromatic heterocycles. The van der Waals surface area contributed by atoms with E-state index >= 15 is 0 Å². The van der Waals surface area contributed by atoms with Crippen molar-refractivity contribution < 1.29 is 9.59 Å². The molecule has 1 aliphatic rings. The van der Waals surface area contributed by atoms with Crippen LogP contribution in [0.1, 0.15) is 57.2 Å². The number of benzene rings is 1. The van der Waals surface area contributed by atoms with Gasteiger partial charge in [-0.15, -0.1) is 11.3 Å². The zero-order valence-corrected chi connectivity index (χ0v) is 16.5. The van der Waals surface area contributed by atoms with Crippen molar-refractivity contribution in [2.75, 3.05) is 26.2 Å². The quantitative estimate of drug-likeness (QED) is 0.746. The van der Waals surface area contributed by atoms with Crippen molar-refractivity contribution in [3.8, 4) is 0 Å². The molecule has 0 radical (unpaired) electrons. The standard InChI is InChI=1S/C21H26N2O2S/c1-15(2)18-6-4-17(5-7-18)14-22-10-12-23(13-11-22)21(25)20-9-8-19(26-20)16(3)24/h4-9,15H,10-14H2,1-3H3. The Labute approximate surface area is 159 Å². The number of thiophene rings is 1. The number of piperazine rings is 1. The Morgan fingerprint density at radius 1 is 0.962 bits per heavy atom. The fourth-order valence-electron chi connectivity index (χ4n) is 3.17. The van der Waals surface area contributed by atoms with Gasteiger partial charge in [0, 0.05) is 32.7 Å². The Morgan fingerprint density at radius 2 is 1.58 bits per heavy atom. The third-order valence-corrected chi connectivity index (χ3v) is 6.05. The fraction of sp³-hybridized carbons (Fsp3) is 0.429. The summed E-state index contributed by atoms with van der Waals surface area (Å²) in [5.74, 6) is 0.616. The zero-order chi connectivity index (χ0) is 18.7. The molecule has 1 aromatic carbocycles. The predicted molar refractivity (Wildman–Crippen MR) is 106 cm³/mol. The number of amides is 1. The molecule has 1 saturated heterocycles. The molecule has 0 atom stereocenters. The van der Waals surface area contributed by atoms with Crippen LogP contribution in [0.4, 0.5) is 0 Å². The van der Waals surface area contributed by atoms with Gasteiger partial charge in [-0.05, 0) is 36.1 Å². The van der Waals surface area contributed by atoms with E-state index in [1.165, 1.54) is 29.4 Å². The smallest absolute Gasteiger partial charge is 0.264 e. The minimum Gasteiger partial charge on any atom is -0.335 e. The van der Waals surface area contributed by atoms with Crippen LogP contribution in [-0.2, 0) is 6.54 Å². The van der Waals surface area contributed by atoms with Gasteiger partial charge in [0.05, 0.1) is 9.75 Å². The molecule has 4 nitrogen and oxygen atoms in total. The summed E-state index contributed by atoms with van der Waals surface area (Å²) >= 11 is 1.30. The number of carbonyl (C=O) groups is 2. The minimum absolute atomic E-state index is 0.0161. The maximum absolute atomic E-state index is 12.6. The van der Waals surface area contributed by atoms with Crippen molar-refractivity contribution in [2.24, 2.45) is 0 Å². The molecular weight excluding hydrogens is 344 g/mol. The second kappa shape index (κ2) is 8.14.